The Kier molecular flexibility index (Phi) is 3.12. The van der Waals surface area contributed by atoms with Gasteiger partial charge in [0.2, 0.25) is 0 Å². The van der Waals surface area contributed by atoms with Gasteiger partial charge in [-0.25, -0.2) is 0 Å². The molecule has 0 aromatic carbocycles. The van der Waals surface area contributed by atoms with Crippen LogP contribution in [0.15, 0.2) is 24.8 Å². The third-order valence-electron chi connectivity index (χ3n) is 0.232. The van der Waals surface area contributed by atoms with Gasteiger partial charge in [0.15, 0.2) is 0 Å². The van der Waals surface area contributed by atoms with E-state index in [-0.39, 0.29) is 0 Å². The quantitative estimate of drug-likeness (QED) is 0.404. The lowest BCUT2D eigenvalue weighted by Gasteiger charge is -1.55. The fraction of sp³-hybridized carbons (Fsp3) is 0. The normalized spacial score (nSPS) is 9.00. The molecular weight excluding hydrogens is 60.1 g/mol. The lowest BCUT2D eigenvalue weighted by atomic mass is 10.5. The molecule has 0 aliphatic rings. The summed E-state index contributed by atoms with van der Waals surface area (Å²) >= 11 is 0. The molecule has 25 valence electrons. The molecule has 0 saturated carbocycles. The SMILES string of the molecule is [C]C=CC=C. The summed E-state index contributed by atoms with van der Waals surface area (Å²) in [7, 11) is 0. The first kappa shape index (κ1) is 4.48. The summed E-state index contributed by atoms with van der Waals surface area (Å²) in [6.45, 7) is 9.69. The van der Waals surface area contributed by atoms with E-state index >= 15 is 0 Å². The predicted molar refractivity (Wildman–Crippen MR) is 22.6 cm³/mol. The van der Waals surface area contributed by atoms with Crippen molar-refractivity contribution < 1.29 is 0 Å². The predicted octanol–water partition coefficient (Wildman–Crippen LogP) is 1.32. The van der Waals surface area contributed by atoms with Gasteiger partial charge in [-0.2, -0.15) is 0 Å². The molecule has 0 aromatic rings. The minimum absolute atomic E-state index is 1.19. The second-order valence-corrected chi connectivity index (χ2v) is 0.595. The number of hydrogen-bond acceptors (Lipinski definition) is 0. The molecule has 0 heterocycles. The van der Waals surface area contributed by atoms with Crippen LogP contribution in [-0.2, 0) is 0 Å². The molecule has 0 heteroatoms. The smallest absolute Gasteiger partial charge is 0.0212 e. The largest absolute Gasteiger partial charge is 0.0991 e. The molecular formula is C5H5. The average molecular weight is 65.1 g/mol. The topological polar surface area (TPSA) is 0 Å². The standard InChI is InChI=1S/C5H5/c1-3-5-4-2/h3-5H,1H2. The minimum atomic E-state index is 1.19. The molecule has 0 nitrogen and oxygen atoms in total. The van der Waals surface area contributed by atoms with Crippen LogP contribution < -0.4 is 0 Å². The molecule has 0 amide bonds. The summed E-state index contributed by atoms with van der Waals surface area (Å²) in [6, 6.07) is 0. The van der Waals surface area contributed by atoms with E-state index in [1.54, 1.807) is 12.2 Å². The van der Waals surface area contributed by atoms with Crippen molar-refractivity contribution in [2.45, 2.75) is 0 Å². The van der Waals surface area contributed by atoms with E-state index in [1.807, 2.05) is 0 Å². The highest BCUT2D eigenvalue weighted by Gasteiger charge is 1.43. The van der Waals surface area contributed by atoms with Crippen molar-refractivity contribution in [1.29, 1.82) is 0 Å². The van der Waals surface area contributed by atoms with E-state index in [1.165, 1.54) is 6.08 Å². The van der Waals surface area contributed by atoms with Crippen LogP contribution >= 0.6 is 0 Å². The molecule has 0 aliphatic carbocycles. The van der Waals surface area contributed by atoms with Crippen molar-refractivity contribution >= 4 is 0 Å². The molecule has 0 fully saturated rings. The molecule has 0 N–H and O–H groups in total. The fourth-order valence-electron chi connectivity index (χ4n) is 0.0680. The molecule has 0 aromatic heterocycles. The van der Waals surface area contributed by atoms with Gasteiger partial charge in [0.25, 0.3) is 0 Å². The van der Waals surface area contributed by atoms with Crippen LogP contribution in [0.2, 0.25) is 0 Å². The highest BCUT2D eigenvalue weighted by molar-refractivity contribution is 4.98. The molecule has 0 rings (SSSR count). The van der Waals surface area contributed by atoms with Crippen LogP contribution in [-0.4, -0.2) is 0 Å². The maximum Gasteiger partial charge on any atom is 0.0212 e. The van der Waals surface area contributed by atoms with Gasteiger partial charge in [-0.1, -0.05) is 24.8 Å². The van der Waals surface area contributed by atoms with Crippen molar-refractivity contribution in [3.63, 3.8) is 0 Å². The van der Waals surface area contributed by atoms with Crippen molar-refractivity contribution in [1.82, 2.24) is 0 Å². The maximum absolute atomic E-state index is 6.35. The van der Waals surface area contributed by atoms with E-state index in [4.69, 9.17) is 6.92 Å². The Morgan fingerprint density at radius 1 is 1.60 bits per heavy atom. The molecule has 0 atom stereocenters. The number of rotatable bonds is 1. The molecule has 0 aliphatic heterocycles. The van der Waals surface area contributed by atoms with Gasteiger partial charge in [-0.15, -0.1) is 0 Å². The molecule has 3 radical (unpaired) electrons. The van der Waals surface area contributed by atoms with E-state index in [0.29, 0.717) is 0 Å². The maximum atomic E-state index is 6.35. The van der Waals surface area contributed by atoms with Crippen molar-refractivity contribution in [3.05, 3.63) is 31.7 Å². The zero-order valence-electron chi connectivity index (χ0n) is 2.94. The molecule has 0 spiro atoms. The number of hydrogen-bond donors (Lipinski definition) is 0. The lowest BCUT2D eigenvalue weighted by molar-refractivity contribution is 1.99. The summed E-state index contributed by atoms with van der Waals surface area (Å²) < 4.78 is 0. The first-order valence-electron chi connectivity index (χ1n) is 1.36. The van der Waals surface area contributed by atoms with Gasteiger partial charge in [0, 0.05) is 6.92 Å². The van der Waals surface area contributed by atoms with Crippen LogP contribution in [0, 0.1) is 6.92 Å². The van der Waals surface area contributed by atoms with E-state index in [9.17, 15) is 0 Å². The van der Waals surface area contributed by atoms with Crippen LogP contribution in [0.25, 0.3) is 0 Å². The Bertz CT molecular complexity index is 42.0. The first-order chi connectivity index (χ1) is 2.41. The average Bonchev–Trinajstić information content (AvgIpc) is 1.41. The Morgan fingerprint density at radius 3 is 2.20 bits per heavy atom. The summed E-state index contributed by atoms with van der Waals surface area (Å²) in [5, 5.41) is 0. The van der Waals surface area contributed by atoms with Crippen LogP contribution in [0.3, 0.4) is 0 Å². The van der Waals surface area contributed by atoms with Crippen molar-refractivity contribution in [3.8, 4) is 0 Å². The van der Waals surface area contributed by atoms with Crippen LogP contribution in [0.1, 0.15) is 0 Å². The summed E-state index contributed by atoms with van der Waals surface area (Å²) in [5.41, 5.74) is 0. The molecule has 0 saturated heterocycles. The van der Waals surface area contributed by atoms with Gasteiger partial charge in [-0.05, 0) is 0 Å². The Labute approximate surface area is 32.8 Å². The van der Waals surface area contributed by atoms with Crippen LogP contribution in [0.5, 0.6) is 0 Å². The third kappa shape index (κ3) is 3.48. The summed E-state index contributed by atoms with van der Waals surface area (Å²) in [4.78, 5) is 0. The molecule has 0 bridgehead atoms. The minimum Gasteiger partial charge on any atom is -0.0991 e. The highest BCUT2D eigenvalue weighted by Crippen LogP contribution is 1.63. The second kappa shape index (κ2) is 3.48. The lowest BCUT2D eigenvalue weighted by Crippen LogP contribution is -1.34. The second-order valence-electron chi connectivity index (χ2n) is 0.595. The zero-order chi connectivity index (χ0) is 4.12. The van der Waals surface area contributed by atoms with Gasteiger partial charge < -0.3 is 0 Å². The first-order valence-corrected chi connectivity index (χ1v) is 1.36. The Morgan fingerprint density at radius 2 is 2.20 bits per heavy atom. The number of allylic oxidation sites excluding steroid dienone is 3. The summed E-state index contributed by atoms with van der Waals surface area (Å²) in [6.07, 6.45) is 4.31. The van der Waals surface area contributed by atoms with Crippen LogP contribution in [0.4, 0.5) is 0 Å². The van der Waals surface area contributed by atoms with Gasteiger partial charge in [0.05, 0.1) is 0 Å². The monoisotopic (exact) mass is 65.0 g/mol. The molecule has 0 unspecified atom stereocenters. The van der Waals surface area contributed by atoms with Crippen molar-refractivity contribution in [2.24, 2.45) is 0 Å². The Hall–Kier alpha value is -0.520. The van der Waals surface area contributed by atoms with E-state index in [2.05, 4.69) is 6.58 Å². The van der Waals surface area contributed by atoms with Gasteiger partial charge in [-0.3, -0.25) is 0 Å². The highest BCUT2D eigenvalue weighted by atomic mass is 13.5. The van der Waals surface area contributed by atoms with Gasteiger partial charge >= 0.3 is 0 Å². The fourth-order valence-corrected chi connectivity index (χ4v) is 0.0680. The van der Waals surface area contributed by atoms with E-state index < -0.39 is 0 Å². The third-order valence-corrected chi connectivity index (χ3v) is 0.232. The zero-order valence-corrected chi connectivity index (χ0v) is 2.94. The van der Waals surface area contributed by atoms with Gasteiger partial charge in [0.1, 0.15) is 0 Å². The Balaban J connectivity index is 2.92. The summed E-state index contributed by atoms with van der Waals surface area (Å²) in [5.74, 6) is 0. The molecule has 5 heavy (non-hydrogen) atoms. The van der Waals surface area contributed by atoms with Crippen molar-refractivity contribution in [2.75, 3.05) is 0 Å². The van der Waals surface area contributed by atoms with E-state index in [0.717, 1.165) is 0 Å².